The Kier molecular flexibility index (Phi) is 2.67. The van der Waals surface area contributed by atoms with Crippen molar-refractivity contribution in [1.29, 1.82) is 0 Å². The van der Waals surface area contributed by atoms with Gasteiger partial charge in [0.15, 0.2) is 0 Å². The highest BCUT2D eigenvalue weighted by Gasteiger charge is 2.60. The fourth-order valence-electron chi connectivity index (χ4n) is 2.91. The number of ether oxygens (including phenoxy) is 1. The predicted molar refractivity (Wildman–Crippen MR) is 75.9 cm³/mol. The predicted octanol–water partition coefficient (Wildman–Crippen LogP) is 3.46. The summed E-state index contributed by atoms with van der Waals surface area (Å²) in [5.41, 5.74) is 0.517. The molecule has 0 N–H and O–H groups in total. The van der Waals surface area contributed by atoms with E-state index in [0.29, 0.717) is 0 Å². The second kappa shape index (κ2) is 4.23. The van der Waals surface area contributed by atoms with Crippen LogP contribution in [-0.4, -0.2) is 13.1 Å². The van der Waals surface area contributed by atoms with E-state index in [2.05, 4.69) is 30.8 Å². The van der Waals surface area contributed by atoms with Crippen LogP contribution < -0.4 is 0 Å². The largest absolute Gasteiger partial charge is 0.468 e. The van der Waals surface area contributed by atoms with Crippen molar-refractivity contribution in [1.82, 2.24) is 0 Å². The van der Waals surface area contributed by atoms with E-state index in [1.165, 1.54) is 12.5 Å². The molecular formula is C17H16O2. The van der Waals surface area contributed by atoms with Crippen LogP contribution in [0.4, 0.5) is 0 Å². The van der Waals surface area contributed by atoms with Crippen molar-refractivity contribution in [3.8, 4) is 0 Å². The molecule has 0 amide bonds. The fourth-order valence-corrected chi connectivity index (χ4v) is 2.91. The Bertz CT molecular complexity index is 659. The lowest BCUT2D eigenvalue weighted by Crippen LogP contribution is -2.24. The molecule has 0 heterocycles. The van der Waals surface area contributed by atoms with Crippen LogP contribution in [0.15, 0.2) is 55.1 Å². The molecule has 1 fully saturated rings. The summed E-state index contributed by atoms with van der Waals surface area (Å²) >= 11 is 0. The summed E-state index contributed by atoms with van der Waals surface area (Å²) in [6.07, 6.45) is 2.65. The lowest BCUT2D eigenvalue weighted by molar-refractivity contribution is -0.144. The molecule has 19 heavy (non-hydrogen) atoms. The van der Waals surface area contributed by atoms with Crippen molar-refractivity contribution >= 4 is 16.7 Å². The third-order valence-corrected chi connectivity index (χ3v) is 4.11. The summed E-state index contributed by atoms with van der Waals surface area (Å²) in [5.74, 6) is 0.0220. The van der Waals surface area contributed by atoms with Crippen LogP contribution in [0, 0.1) is 5.92 Å². The molecule has 0 aliphatic heterocycles. The third kappa shape index (κ3) is 1.67. The molecule has 2 atom stereocenters. The van der Waals surface area contributed by atoms with Gasteiger partial charge in [-0.1, -0.05) is 42.5 Å². The molecule has 1 saturated carbocycles. The standard InChI is InChI=1S/C17H16O2/c1-3-14-11-17(14,16(18)19-2)15-9-8-12-6-4-5-7-13(12)10-15/h3-10,14H,1,11H2,2H3/t14-,17+/m1/s1. The number of hydrogen-bond donors (Lipinski definition) is 0. The number of allylic oxidation sites excluding steroid dienone is 1. The molecule has 0 radical (unpaired) electrons. The number of methoxy groups -OCH3 is 1. The van der Waals surface area contributed by atoms with E-state index >= 15 is 0 Å². The lowest BCUT2D eigenvalue weighted by atomic mass is 9.91. The third-order valence-electron chi connectivity index (χ3n) is 4.11. The molecule has 0 saturated heterocycles. The number of rotatable bonds is 3. The highest BCUT2D eigenvalue weighted by atomic mass is 16.5. The molecular weight excluding hydrogens is 236 g/mol. The maximum Gasteiger partial charge on any atom is 0.316 e. The maximum atomic E-state index is 12.1. The van der Waals surface area contributed by atoms with Crippen LogP contribution >= 0.6 is 0 Å². The summed E-state index contributed by atoms with van der Waals surface area (Å²) in [4.78, 5) is 12.1. The monoisotopic (exact) mass is 252 g/mol. The molecule has 3 rings (SSSR count). The molecule has 96 valence electrons. The normalized spacial score (nSPS) is 25.0. The Balaban J connectivity index is 2.12. The molecule has 2 aromatic carbocycles. The summed E-state index contributed by atoms with van der Waals surface area (Å²) in [5, 5.41) is 2.33. The Morgan fingerprint density at radius 2 is 2.05 bits per heavy atom. The second-order valence-corrected chi connectivity index (χ2v) is 5.07. The van der Waals surface area contributed by atoms with Crippen LogP contribution in [0.3, 0.4) is 0 Å². The van der Waals surface area contributed by atoms with Crippen LogP contribution in [-0.2, 0) is 14.9 Å². The topological polar surface area (TPSA) is 26.3 Å². The van der Waals surface area contributed by atoms with Gasteiger partial charge in [-0.05, 0) is 34.7 Å². The van der Waals surface area contributed by atoms with E-state index in [0.717, 1.165) is 17.4 Å². The van der Waals surface area contributed by atoms with Gasteiger partial charge in [0.25, 0.3) is 0 Å². The summed E-state index contributed by atoms with van der Waals surface area (Å²) in [6.45, 7) is 3.81. The first-order valence-electron chi connectivity index (χ1n) is 6.42. The van der Waals surface area contributed by atoms with Crippen LogP contribution in [0.2, 0.25) is 0 Å². The van der Waals surface area contributed by atoms with Gasteiger partial charge in [-0.2, -0.15) is 0 Å². The first kappa shape index (κ1) is 12.0. The van der Waals surface area contributed by atoms with Crippen LogP contribution in [0.25, 0.3) is 10.8 Å². The smallest absolute Gasteiger partial charge is 0.316 e. The molecule has 0 bridgehead atoms. The van der Waals surface area contributed by atoms with E-state index in [4.69, 9.17) is 4.74 Å². The zero-order valence-electron chi connectivity index (χ0n) is 10.9. The van der Waals surface area contributed by atoms with Gasteiger partial charge in [-0.25, -0.2) is 0 Å². The minimum absolute atomic E-state index is 0.160. The molecule has 2 heteroatoms. The maximum absolute atomic E-state index is 12.1. The fraction of sp³-hybridized carbons (Fsp3) is 0.235. The summed E-state index contributed by atoms with van der Waals surface area (Å²) in [6, 6.07) is 14.3. The van der Waals surface area contributed by atoms with Gasteiger partial charge in [-0.3, -0.25) is 4.79 Å². The zero-order chi connectivity index (χ0) is 13.5. The van der Waals surface area contributed by atoms with Crippen molar-refractivity contribution in [3.63, 3.8) is 0 Å². The Morgan fingerprint density at radius 1 is 1.32 bits per heavy atom. The number of hydrogen-bond acceptors (Lipinski definition) is 2. The zero-order valence-corrected chi connectivity index (χ0v) is 10.9. The number of carbonyl (C=O) groups is 1. The van der Waals surface area contributed by atoms with E-state index in [-0.39, 0.29) is 11.9 Å². The van der Waals surface area contributed by atoms with E-state index in [1.807, 2.05) is 24.3 Å². The number of esters is 1. The van der Waals surface area contributed by atoms with Crippen LogP contribution in [0.5, 0.6) is 0 Å². The first-order chi connectivity index (χ1) is 9.22. The van der Waals surface area contributed by atoms with Gasteiger partial charge >= 0.3 is 5.97 Å². The number of carbonyl (C=O) groups excluding carboxylic acids is 1. The average molecular weight is 252 g/mol. The van der Waals surface area contributed by atoms with Crippen LogP contribution in [0.1, 0.15) is 12.0 Å². The highest BCUT2D eigenvalue weighted by Crippen LogP contribution is 2.56. The molecule has 2 nitrogen and oxygen atoms in total. The minimum Gasteiger partial charge on any atom is -0.468 e. The van der Waals surface area contributed by atoms with E-state index < -0.39 is 5.41 Å². The molecule has 2 aromatic rings. The second-order valence-electron chi connectivity index (χ2n) is 5.07. The van der Waals surface area contributed by atoms with Crippen molar-refractivity contribution in [2.45, 2.75) is 11.8 Å². The number of benzene rings is 2. The quantitative estimate of drug-likeness (QED) is 0.617. The van der Waals surface area contributed by atoms with Crippen molar-refractivity contribution in [2.75, 3.05) is 7.11 Å². The lowest BCUT2D eigenvalue weighted by Gasteiger charge is -2.15. The molecule has 1 aliphatic carbocycles. The summed E-state index contributed by atoms with van der Waals surface area (Å²) in [7, 11) is 1.45. The van der Waals surface area contributed by atoms with E-state index in [1.54, 1.807) is 0 Å². The molecule has 0 aromatic heterocycles. The van der Waals surface area contributed by atoms with Crippen molar-refractivity contribution in [2.24, 2.45) is 5.92 Å². The van der Waals surface area contributed by atoms with Crippen molar-refractivity contribution in [3.05, 3.63) is 60.7 Å². The minimum atomic E-state index is -0.513. The van der Waals surface area contributed by atoms with Gasteiger partial charge < -0.3 is 4.74 Å². The molecule has 0 spiro atoms. The highest BCUT2D eigenvalue weighted by molar-refractivity contribution is 5.91. The summed E-state index contributed by atoms with van der Waals surface area (Å²) < 4.78 is 4.99. The van der Waals surface area contributed by atoms with Gasteiger partial charge in [0.1, 0.15) is 0 Å². The van der Waals surface area contributed by atoms with Gasteiger partial charge in [0.05, 0.1) is 12.5 Å². The van der Waals surface area contributed by atoms with Gasteiger partial charge in [-0.15, -0.1) is 6.58 Å². The Morgan fingerprint density at radius 3 is 2.68 bits per heavy atom. The average Bonchev–Trinajstić information content (AvgIpc) is 3.21. The Hall–Kier alpha value is -2.09. The first-order valence-corrected chi connectivity index (χ1v) is 6.42. The SMILES string of the molecule is C=C[C@@H]1C[C@@]1(C(=O)OC)c1ccc2ccccc2c1. The van der Waals surface area contributed by atoms with Crippen molar-refractivity contribution < 1.29 is 9.53 Å². The van der Waals surface area contributed by atoms with Gasteiger partial charge in [0, 0.05) is 0 Å². The molecule has 1 aliphatic rings. The Labute approximate surface area is 112 Å². The van der Waals surface area contributed by atoms with E-state index in [9.17, 15) is 4.79 Å². The van der Waals surface area contributed by atoms with Gasteiger partial charge in [0.2, 0.25) is 0 Å². The number of fused-ring (bicyclic) bond motifs is 1. The molecule has 0 unspecified atom stereocenters.